The quantitative estimate of drug-likeness (QED) is 0.0671. The van der Waals surface area contributed by atoms with E-state index in [1.165, 1.54) is 0 Å². The van der Waals surface area contributed by atoms with Crippen LogP contribution in [-0.2, 0) is 68.5 Å². The predicted molar refractivity (Wildman–Crippen MR) is 192 cm³/mol. The van der Waals surface area contributed by atoms with E-state index < -0.39 is 41.1 Å². The van der Waals surface area contributed by atoms with E-state index in [0.29, 0.717) is 0 Å². The van der Waals surface area contributed by atoms with Gasteiger partial charge in [-0.05, 0) is 59.9 Å². The molecule has 0 aliphatic rings. The predicted octanol–water partition coefficient (Wildman–Crippen LogP) is 2.15. The van der Waals surface area contributed by atoms with E-state index in [0.717, 1.165) is 5.56 Å². The van der Waals surface area contributed by atoms with Crippen LogP contribution < -0.4 is 16.0 Å². The van der Waals surface area contributed by atoms with Crippen LogP contribution in [0, 0.1) is 0 Å². The highest BCUT2D eigenvalue weighted by molar-refractivity contribution is 5.85. The molecule has 0 heterocycles. The highest BCUT2D eigenvalue weighted by atomic mass is 16.6. The fraction of sp³-hybridized carbons (Fsp3) is 0.676. The highest BCUT2D eigenvalue weighted by Crippen LogP contribution is 2.13. The Labute approximate surface area is 312 Å². The topological polar surface area (TPSA) is 203 Å². The van der Waals surface area contributed by atoms with Crippen LogP contribution in [0.2, 0.25) is 0 Å². The first-order chi connectivity index (χ1) is 25.0. The number of esters is 3. The van der Waals surface area contributed by atoms with Crippen molar-refractivity contribution in [2.45, 2.75) is 97.5 Å². The molecule has 0 spiro atoms. The number of hydrogen-bond acceptors (Lipinski definition) is 13. The second kappa shape index (κ2) is 26.6. The first kappa shape index (κ1) is 46.9. The normalized spacial score (nSPS) is 12.0. The van der Waals surface area contributed by atoms with E-state index in [9.17, 15) is 28.8 Å². The molecule has 0 saturated heterocycles. The van der Waals surface area contributed by atoms with Gasteiger partial charge in [0.25, 0.3) is 0 Å². The fourth-order valence-corrected chi connectivity index (χ4v) is 4.15. The Bertz CT molecular complexity index is 1250. The van der Waals surface area contributed by atoms with Crippen molar-refractivity contribution < 1.29 is 61.9 Å². The third-order valence-electron chi connectivity index (χ3n) is 6.47. The Morgan fingerprint density at radius 1 is 0.604 bits per heavy atom. The van der Waals surface area contributed by atoms with Gasteiger partial charge in [-0.2, -0.15) is 0 Å². The molecule has 3 N–H and O–H groups in total. The number of carbonyl (C=O) groups is 6. The molecule has 16 nitrogen and oxygen atoms in total. The van der Waals surface area contributed by atoms with Gasteiger partial charge in [-0.15, -0.1) is 0 Å². The van der Waals surface area contributed by atoms with Crippen LogP contribution in [0.1, 0.15) is 79.2 Å². The number of carbonyl (C=O) groups excluding carboxylic acids is 6. The zero-order chi connectivity index (χ0) is 39.5. The number of amides is 3. The minimum Gasteiger partial charge on any atom is -0.460 e. The molecule has 53 heavy (non-hydrogen) atoms. The number of benzene rings is 1. The van der Waals surface area contributed by atoms with Gasteiger partial charge in [-0.1, -0.05) is 30.3 Å². The van der Waals surface area contributed by atoms with E-state index in [2.05, 4.69) is 16.0 Å². The van der Waals surface area contributed by atoms with E-state index in [4.69, 9.17) is 33.2 Å². The summed E-state index contributed by atoms with van der Waals surface area (Å²) in [5.41, 5.74) is -0.520. The molecule has 0 fully saturated rings. The molecule has 0 radical (unpaired) electrons. The SMILES string of the molecule is CC(C)(C)OC(=O)CCCC(=O)N[C@@H](CCC(=O)NCCOCCOCC(=O)NCCOCCOCC(=O)OCc1ccccc1)C(=O)OC(C)(C)C. The van der Waals surface area contributed by atoms with Crippen molar-refractivity contribution in [3.63, 3.8) is 0 Å². The van der Waals surface area contributed by atoms with Gasteiger partial charge in [-0.3, -0.25) is 19.2 Å². The number of hydrogen-bond donors (Lipinski definition) is 3. The maximum atomic E-state index is 12.7. The first-order valence-corrected chi connectivity index (χ1v) is 17.8. The molecular weight excluding hydrogens is 694 g/mol. The Morgan fingerprint density at radius 2 is 1.17 bits per heavy atom. The van der Waals surface area contributed by atoms with Crippen LogP contribution in [0.5, 0.6) is 0 Å². The van der Waals surface area contributed by atoms with Crippen LogP contribution >= 0.6 is 0 Å². The Hall–Kier alpha value is -4.12. The van der Waals surface area contributed by atoms with Crippen molar-refractivity contribution in [3.05, 3.63) is 35.9 Å². The van der Waals surface area contributed by atoms with E-state index in [1.807, 2.05) is 30.3 Å². The molecular formula is C37H59N3O13. The van der Waals surface area contributed by atoms with Gasteiger partial charge < -0.3 is 49.1 Å². The zero-order valence-electron chi connectivity index (χ0n) is 32.1. The molecule has 0 unspecified atom stereocenters. The van der Waals surface area contributed by atoms with Crippen molar-refractivity contribution in [1.29, 1.82) is 0 Å². The molecule has 0 aliphatic carbocycles. The first-order valence-electron chi connectivity index (χ1n) is 17.8. The third kappa shape index (κ3) is 28.1. The van der Waals surface area contributed by atoms with Crippen LogP contribution in [0.3, 0.4) is 0 Å². The molecule has 1 atom stereocenters. The Kier molecular flexibility index (Phi) is 23.6. The average Bonchev–Trinajstić information content (AvgIpc) is 3.06. The van der Waals surface area contributed by atoms with Crippen LogP contribution in [0.4, 0.5) is 0 Å². The summed E-state index contributed by atoms with van der Waals surface area (Å²) in [6.45, 7) is 12.0. The lowest BCUT2D eigenvalue weighted by molar-refractivity contribution is -0.159. The second-order valence-electron chi connectivity index (χ2n) is 13.8. The van der Waals surface area contributed by atoms with Crippen molar-refractivity contribution in [1.82, 2.24) is 16.0 Å². The highest BCUT2D eigenvalue weighted by Gasteiger charge is 2.27. The van der Waals surface area contributed by atoms with Gasteiger partial charge >= 0.3 is 17.9 Å². The van der Waals surface area contributed by atoms with Crippen LogP contribution in [-0.4, -0.2) is 119 Å². The van der Waals surface area contributed by atoms with Crippen molar-refractivity contribution >= 4 is 35.6 Å². The zero-order valence-corrected chi connectivity index (χ0v) is 32.1. The van der Waals surface area contributed by atoms with Crippen molar-refractivity contribution in [3.8, 4) is 0 Å². The molecule has 1 rings (SSSR count). The van der Waals surface area contributed by atoms with Gasteiger partial charge in [0, 0.05) is 32.4 Å². The van der Waals surface area contributed by atoms with Gasteiger partial charge in [0.2, 0.25) is 17.7 Å². The monoisotopic (exact) mass is 753 g/mol. The minimum absolute atomic E-state index is 0.00109. The number of ether oxygens (including phenoxy) is 7. The summed E-state index contributed by atoms with van der Waals surface area (Å²) in [7, 11) is 0. The summed E-state index contributed by atoms with van der Waals surface area (Å²) in [4.78, 5) is 73.1. The van der Waals surface area contributed by atoms with Gasteiger partial charge in [0.05, 0.1) is 39.6 Å². The summed E-state index contributed by atoms with van der Waals surface area (Å²) in [5.74, 6) is -2.64. The maximum Gasteiger partial charge on any atom is 0.332 e. The molecule has 1 aromatic carbocycles. The number of rotatable bonds is 27. The molecule has 300 valence electrons. The summed E-state index contributed by atoms with van der Waals surface area (Å²) in [5, 5.41) is 7.96. The van der Waals surface area contributed by atoms with E-state index in [1.54, 1.807) is 41.5 Å². The Balaban J connectivity index is 2.10. The second-order valence-corrected chi connectivity index (χ2v) is 13.8. The van der Waals surface area contributed by atoms with Crippen molar-refractivity contribution in [2.75, 3.05) is 65.9 Å². The summed E-state index contributed by atoms with van der Waals surface area (Å²) < 4.78 is 37.0. The minimum atomic E-state index is -1.04. The lowest BCUT2D eigenvalue weighted by Gasteiger charge is -2.24. The summed E-state index contributed by atoms with van der Waals surface area (Å²) in [6, 6.07) is 8.29. The standard InChI is InChI=1S/C37H59N3O13/c1-36(2,3)52-33(44)14-10-13-31(42)40-29(35(46)53-37(4,5)6)15-16-30(41)38-17-19-47-21-23-49-26-32(43)39-18-20-48-22-24-50-27-34(45)51-25-28-11-8-7-9-12-28/h7-9,11-12,29H,10,13-27H2,1-6H3,(H,38,41)(H,39,43)(H,40,42)/t29-/m0/s1. The van der Waals surface area contributed by atoms with E-state index in [-0.39, 0.29) is 116 Å². The third-order valence-corrected chi connectivity index (χ3v) is 6.47. The molecule has 0 aromatic heterocycles. The summed E-state index contributed by atoms with van der Waals surface area (Å²) in [6.07, 6.45) is 0.269. The average molecular weight is 754 g/mol. The molecule has 0 aliphatic heterocycles. The van der Waals surface area contributed by atoms with Gasteiger partial charge in [0.1, 0.15) is 37.1 Å². The smallest absolute Gasteiger partial charge is 0.332 e. The summed E-state index contributed by atoms with van der Waals surface area (Å²) >= 11 is 0. The van der Waals surface area contributed by atoms with E-state index >= 15 is 0 Å². The number of nitrogens with one attached hydrogen (secondary N) is 3. The Morgan fingerprint density at radius 3 is 1.77 bits per heavy atom. The van der Waals surface area contributed by atoms with Gasteiger partial charge in [0.15, 0.2) is 0 Å². The fourth-order valence-electron chi connectivity index (χ4n) is 4.15. The molecule has 0 saturated carbocycles. The van der Waals surface area contributed by atoms with Crippen LogP contribution in [0.15, 0.2) is 30.3 Å². The molecule has 16 heteroatoms. The molecule has 3 amide bonds. The maximum absolute atomic E-state index is 12.7. The largest absolute Gasteiger partial charge is 0.460 e. The van der Waals surface area contributed by atoms with Crippen LogP contribution in [0.25, 0.3) is 0 Å². The van der Waals surface area contributed by atoms with Gasteiger partial charge in [-0.25, -0.2) is 9.59 Å². The molecule has 0 bridgehead atoms. The lowest BCUT2D eigenvalue weighted by atomic mass is 10.1. The van der Waals surface area contributed by atoms with Crippen molar-refractivity contribution in [2.24, 2.45) is 0 Å². The molecule has 1 aromatic rings. The lowest BCUT2D eigenvalue weighted by Crippen LogP contribution is -2.45.